The van der Waals surface area contributed by atoms with Crippen molar-refractivity contribution in [1.82, 2.24) is 19.9 Å². The van der Waals surface area contributed by atoms with Crippen LogP contribution in [0.2, 0.25) is 0 Å². The zero-order valence-corrected chi connectivity index (χ0v) is 16.9. The van der Waals surface area contributed by atoms with Crippen LogP contribution in [-0.4, -0.2) is 39.1 Å². The van der Waals surface area contributed by atoms with E-state index in [9.17, 15) is 0 Å². The van der Waals surface area contributed by atoms with Gasteiger partial charge >= 0.3 is 0 Å². The third kappa shape index (κ3) is 3.29. The van der Waals surface area contributed by atoms with Crippen molar-refractivity contribution in [2.75, 3.05) is 23.4 Å². The second kappa shape index (κ2) is 7.46. The molecule has 1 aliphatic carbocycles. The maximum absolute atomic E-state index is 6.29. The Morgan fingerprint density at radius 2 is 1.97 bits per heavy atom. The standard InChI is InChI=1S/C22H26N8/c1-25-13-6-7-17-12(8-13)9-19(28-17)14-10-26-21(24)15-11-27-22(30-20(14)15)29-18-5-3-2-4-16(18)23/h6-11,16,18,25,28H,2-5,23H2,1H3,(H2,24,26)(H,27,29,30). The van der Waals surface area contributed by atoms with Crippen molar-refractivity contribution in [3.05, 3.63) is 36.7 Å². The van der Waals surface area contributed by atoms with E-state index < -0.39 is 0 Å². The van der Waals surface area contributed by atoms with Crippen molar-refractivity contribution in [1.29, 1.82) is 0 Å². The van der Waals surface area contributed by atoms with Gasteiger partial charge in [-0.25, -0.2) is 15.0 Å². The highest BCUT2D eigenvalue weighted by atomic mass is 15.1. The van der Waals surface area contributed by atoms with Gasteiger partial charge in [-0.15, -0.1) is 0 Å². The first-order chi connectivity index (χ1) is 14.6. The van der Waals surface area contributed by atoms with Crippen LogP contribution in [0.3, 0.4) is 0 Å². The summed E-state index contributed by atoms with van der Waals surface area (Å²) in [6, 6.07) is 8.62. The van der Waals surface area contributed by atoms with Crippen LogP contribution >= 0.6 is 0 Å². The summed E-state index contributed by atoms with van der Waals surface area (Å²) in [5.41, 5.74) is 17.1. The molecule has 5 rings (SSSR count). The molecule has 0 radical (unpaired) electrons. The molecule has 1 aromatic carbocycles. The van der Waals surface area contributed by atoms with Gasteiger partial charge in [-0.3, -0.25) is 0 Å². The average molecular weight is 403 g/mol. The minimum absolute atomic E-state index is 0.120. The van der Waals surface area contributed by atoms with Crippen molar-refractivity contribution >= 4 is 39.3 Å². The maximum atomic E-state index is 6.29. The molecule has 0 aliphatic heterocycles. The summed E-state index contributed by atoms with van der Waals surface area (Å²) in [5, 5.41) is 8.46. The number of benzene rings is 1. The van der Waals surface area contributed by atoms with Crippen LogP contribution in [0.4, 0.5) is 17.5 Å². The Labute approximate surface area is 174 Å². The van der Waals surface area contributed by atoms with Crippen molar-refractivity contribution in [2.24, 2.45) is 5.73 Å². The number of aromatic nitrogens is 4. The number of fused-ring (bicyclic) bond motifs is 2. The van der Waals surface area contributed by atoms with Gasteiger partial charge in [0.2, 0.25) is 5.95 Å². The number of hydrogen-bond acceptors (Lipinski definition) is 7. The monoisotopic (exact) mass is 402 g/mol. The lowest BCUT2D eigenvalue weighted by Gasteiger charge is -2.29. The lowest BCUT2D eigenvalue weighted by atomic mass is 9.91. The number of aromatic amines is 1. The highest BCUT2D eigenvalue weighted by Gasteiger charge is 2.23. The van der Waals surface area contributed by atoms with Gasteiger partial charge in [0.1, 0.15) is 5.82 Å². The van der Waals surface area contributed by atoms with E-state index in [1.54, 1.807) is 12.4 Å². The van der Waals surface area contributed by atoms with Crippen LogP contribution in [0, 0.1) is 0 Å². The first kappa shape index (κ1) is 18.6. The third-order valence-corrected chi connectivity index (χ3v) is 5.99. The highest BCUT2D eigenvalue weighted by Crippen LogP contribution is 2.32. The first-order valence-electron chi connectivity index (χ1n) is 10.4. The molecule has 0 bridgehead atoms. The molecular weight excluding hydrogens is 376 g/mol. The summed E-state index contributed by atoms with van der Waals surface area (Å²) >= 11 is 0. The first-order valence-corrected chi connectivity index (χ1v) is 10.4. The zero-order chi connectivity index (χ0) is 20.7. The molecule has 154 valence electrons. The van der Waals surface area contributed by atoms with Crippen molar-refractivity contribution in [3.8, 4) is 11.3 Å². The summed E-state index contributed by atoms with van der Waals surface area (Å²) < 4.78 is 0. The Balaban J connectivity index is 1.58. The Kier molecular flexibility index (Phi) is 4.63. The lowest BCUT2D eigenvalue weighted by Crippen LogP contribution is -2.42. The van der Waals surface area contributed by atoms with Crippen LogP contribution in [0.25, 0.3) is 33.1 Å². The van der Waals surface area contributed by atoms with Crippen LogP contribution in [0.5, 0.6) is 0 Å². The quantitative estimate of drug-likeness (QED) is 0.353. The highest BCUT2D eigenvalue weighted by molar-refractivity contribution is 6.00. The van der Waals surface area contributed by atoms with E-state index in [2.05, 4.69) is 43.8 Å². The van der Waals surface area contributed by atoms with Gasteiger partial charge in [-0.2, -0.15) is 0 Å². The molecular formula is C22H26N8. The van der Waals surface area contributed by atoms with Gasteiger partial charge in [0, 0.05) is 53.7 Å². The number of hydrogen-bond donors (Lipinski definition) is 5. The molecule has 8 heteroatoms. The molecule has 3 aromatic heterocycles. The Morgan fingerprint density at radius 3 is 2.80 bits per heavy atom. The van der Waals surface area contributed by atoms with E-state index >= 15 is 0 Å². The predicted octanol–water partition coefficient (Wildman–Crippen LogP) is 3.48. The topological polar surface area (TPSA) is 131 Å². The molecule has 30 heavy (non-hydrogen) atoms. The van der Waals surface area contributed by atoms with E-state index in [0.717, 1.165) is 51.6 Å². The number of rotatable bonds is 4. The second-order valence-electron chi connectivity index (χ2n) is 7.95. The van der Waals surface area contributed by atoms with Crippen molar-refractivity contribution in [3.63, 3.8) is 0 Å². The molecule has 2 atom stereocenters. The molecule has 0 saturated heterocycles. The number of nitrogen functional groups attached to an aromatic ring is 1. The van der Waals surface area contributed by atoms with Gasteiger partial charge in [0.25, 0.3) is 0 Å². The molecule has 2 unspecified atom stereocenters. The molecule has 8 nitrogen and oxygen atoms in total. The average Bonchev–Trinajstić information content (AvgIpc) is 3.18. The number of nitrogens with zero attached hydrogens (tertiary/aromatic N) is 3. The Bertz CT molecular complexity index is 1210. The molecule has 4 aromatic rings. The fourth-order valence-corrected chi connectivity index (χ4v) is 4.24. The van der Waals surface area contributed by atoms with E-state index in [1.165, 1.54) is 12.8 Å². The summed E-state index contributed by atoms with van der Waals surface area (Å²) in [7, 11) is 1.91. The molecule has 0 spiro atoms. The van der Waals surface area contributed by atoms with Gasteiger partial charge < -0.3 is 27.1 Å². The van der Waals surface area contributed by atoms with E-state index in [1.807, 2.05) is 13.1 Å². The Hall–Kier alpha value is -3.39. The minimum atomic E-state index is 0.120. The van der Waals surface area contributed by atoms with E-state index in [0.29, 0.717) is 11.8 Å². The molecule has 1 aliphatic rings. The zero-order valence-electron chi connectivity index (χ0n) is 16.9. The number of anilines is 3. The van der Waals surface area contributed by atoms with Crippen LogP contribution in [0.1, 0.15) is 25.7 Å². The van der Waals surface area contributed by atoms with Crippen molar-refractivity contribution < 1.29 is 0 Å². The van der Waals surface area contributed by atoms with Crippen LogP contribution in [-0.2, 0) is 0 Å². The molecule has 0 amide bonds. The Morgan fingerprint density at radius 1 is 1.10 bits per heavy atom. The molecule has 1 saturated carbocycles. The summed E-state index contributed by atoms with van der Waals surface area (Å²) in [6.07, 6.45) is 7.92. The van der Waals surface area contributed by atoms with Gasteiger partial charge in [-0.05, 0) is 37.1 Å². The largest absolute Gasteiger partial charge is 0.388 e. The van der Waals surface area contributed by atoms with E-state index in [-0.39, 0.29) is 12.1 Å². The van der Waals surface area contributed by atoms with Gasteiger partial charge in [0.05, 0.1) is 16.6 Å². The fourth-order valence-electron chi connectivity index (χ4n) is 4.24. The molecule has 7 N–H and O–H groups in total. The van der Waals surface area contributed by atoms with Crippen LogP contribution in [0.15, 0.2) is 36.7 Å². The van der Waals surface area contributed by atoms with Crippen LogP contribution < -0.4 is 22.1 Å². The van der Waals surface area contributed by atoms with E-state index in [4.69, 9.17) is 16.5 Å². The maximum Gasteiger partial charge on any atom is 0.223 e. The summed E-state index contributed by atoms with van der Waals surface area (Å²) in [5.74, 6) is 0.994. The predicted molar refractivity (Wildman–Crippen MR) is 122 cm³/mol. The number of nitrogens with two attached hydrogens (primary N) is 2. The molecule has 3 heterocycles. The third-order valence-electron chi connectivity index (χ3n) is 5.99. The fraction of sp³-hybridized carbons (Fsp3) is 0.318. The smallest absolute Gasteiger partial charge is 0.223 e. The van der Waals surface area contributed by atoms with Gasteiger partial charge in [0.15, 0.2) is 0 Å². The normalized spacial score (nSPS) is 19.3. The SMILES string of the molecule is CNc1ccc2[nH]c(-c3cnc(N)c4cnc(NC5CCCCC5N)nc34)cc2c1. The number of nitrogens with one attached hydrogen (secondary N) is 3. The number of H-pyrrole nitrogens is 1. The molecule has 1 fully saturated rings. The number of pyridine rings is 1. The summed E-state index contributed by atoms with van der Waals surface area (Å²) in [6.45, 7) is 0. The van der Waals surface area contributed by atoms with Gasteiger partial charge in [-0.1, -0.05) is 12.8 Å². The lowest BCUT2D eigenvalue weighted by molar-refractivity contribution is 0.402. The van der Waals surface area contributed by atoms with Crippen molar-refractivity contribution in [2.45, 2.75) is 37.8 Å². The minimum Gasteiger partial charge on any atom is -0.388 e. The second-order valence-corrected chi connectivity index (χ2v) is 7.95. The summed E-state index contributed by atoms with van der Waals surface area (Å²) in [4.78, 5) is 17.1.